The largest absolute Gasteiger partial charge is 0.351 e. The fraction of sp³-hybridized carbons (Fsp3) is 0.464. The summed E-state index contributed by atoms with van der Waals surface area (Å²) in [6.07, 6.45) is 9.62. The van der Waals surface area contributed by atoms with E-state index in [2.05, 4.69) is 10.4 Å². The standard InChI is InChI=1S/C28H31FN4O2/c1-32(16-18-4-2-5-22(29)11-18)27(35)24-12-25-23(6-3-7-33(25)31-24)26(34)30-17-28-13-19-8-20(14-28)10-21(9-19)15-28/h2-7,11-12,19-21H,8-10,13-17H2,1H3,(H,30,34). The first-order valence-electron chi connectivity index (χ1n) is 12.6. The van der Waals surface area contributed by atoms with Gasteiger partial charge in [0.05, 0.1) is 11.1 Å². The minimum atomic E-state index is -0.333. The molecule has 6 nitrogen and oxygen atoms in total. The minimum absolute atomic E-state index is 0.113. The van der Waals surface area contributed by atoms with Crippen molar-refractivity contribution in [3.63, 3.8) is 0 Å². The molecule has 0 radical (unpaired) electrons. The molecule has 2 heterocycles. The molecule has 35 heavy (non-hydrogen) atoms. The number of carbonyl (C=O) groups excluding carboxylic acids is 2. The molecule has 3 aromatic rings. The van der Waals surface area contributed by atoms with Crippen LogP contribution in [0.25, 0.3) is 5.52 Å². The SMILES string of the molecule is CN(Cc1cccc(F)c1)C(=O)c1cc2c(C(=O)NCC34CC5CC(CC(C5)C3)C4)cccn2n1. The molecule has 7 heteroatoms. The summed E-state index contributed by atoms with van der Waals surface area (Å²) in [5.41, 5.74) is 2.35. The summed E-state index contributed by atoms with van der Waals surface area (Å²) in [6, 6.07) is 11.4. The van der Waals surface area contributed by atoms with Gasteiger partial charge >= 0.3 is 0 Å². The van der Waals surface area contributed by atoms with Gasteiger partial charge in [0.25, 0.3) is 11.8 Å². The molecular weight excluding hydrogens is 443 g/mol. The Hall–Kier alpha value is -3.22. The molecule has 4 fully saturated rings. The molecule has 0 saturated heterocycles. The fourth-order valence-electron chi connectivity index (χ4n) is 7.36. The van der Waals surface area contributed by atoms with Gasteiger partial charge in [0.15, 0.2) is 5.69 Å². The van der Waals surface area contributed by atoms with Gasteiger partial charge in [0.2, 0.25) is 0 Å². The van der Waals surface area contributed by atoms with E-state index in [0.717, 1.165) is 24.3 Å². The normalized spacial score (nSPS) is 26.7. The maximum atomic E-state index is 13.5. The number of fused-ring (bicyclic) bond motifs is 1. The van der Waals surface area contributed by atoms with Gasteiger partial charge in [-0.05, 0) is 97.6 Å². The highest BCUT2D eigenvalue weighted by molar-refractivity contribution is 6.02. The van der Waals surface area contributed by atoms with Gasteiger partial charge < -0.3 is 10.2 Å². The van der Waals surface area contributed by atoms with Gasteiger partial charge in [0.1, 0.15) is 5.82 Å². The van der Waals surface area contributed by atoms with Crippen molar-refractivity contribution in [2.24, 2.45) is 23.2 Å². The quantitative estimate of drug-likeness (QED) is 0.564. The van der Waals surface area contributed by atoms with Crippen LogP contribution in [0.5, 0.6) is 0 Å². The van der Waals surface area contributed by atoms with E-state index >= 15 is 0 Å². The van der Waals surface area contributed by atoms with Crippen molar-refractivity contribution in [2.45, 2.75) is 45.1 Å². The van der Waals surface area contributed by atoms with Gasteiger partial charge in [-0.1, -0.05) is 12.1 Å². The number of aromatic nitrogens is 2. The number of benzene rings is 1. The lowest BCUT2D eigenvalue weighted by atomic mass is 9.49. The average Bonchev–Trinajstić information content (AvgIpc) is 3.26. The summed E-state index contributed by atoms with van der Waals surface area (Å²) < 4.78 is 15.1. The summed E-state index contributed by atoms with van der Waals surface area (Å²) in [5, 5.41) is 7.66. The maximum Gasteiger partial charge on any atom is 0.274 e. The Labute approximate surface area is 204 Å². The number of nitrogens with zero attached hydrogens (tertiary/aromatic N) is 3. The molecule has 2 aromatic heterocycles. The number of hydrogen-bond acceptors (Lipinski definition) is 3. The number of rotatable bonds is 6. The Morgan fingerprint density at radius 1 is 1.09 bits per heavy atom. The second kappa shape index (κ2) is 8.47. The van der Waals surface area contributed by atoms with Gasteiger partial charge in [0, 0.05) is 26.3 Å². The molecule has 0 aliphatic heterocycles. The third kappa shape index (κ3) is 4.21. The van der Waals surface area contributed by atoms with Crippen molar-refractivity contribution >= 4 is 17.3 Å². The van der Waals surface area contributed by atoms with Crippen LogP contribution in [0.1, 0.15) is 64.9 Å². The summed E-state index contributed by atoms with van der Waals surface area (Å²) in [4.78, 5) is 27.8. The Bertz CT molecular complexity index is 1260. The summed E-state index contributed by atoms with van der Waals surface area (Å²) in [7, 11) is 1.66. The molecule has 2 amide bonds. The summed E-state index contributed by atoms with van der Waals surface area (Å²) >= 11 is 0. The van der Waals surface area contributed by atoms with Crippen molar-refractivity contribution in [1.29, 1.82) is 0 Å². The molecule has 182 valence electrons. The lowest BCUT2D eigenvalue weighted by Gasteiger charge is -2.56. The maximum absolute atomic E-state index is 13.5. The van der Waals surface area contributed by atoms with E-state index in [9.17, 15) is 14.0 Å². The van der Waals surface area contributed by atoms with Crippen molar-refractivity contribution in [1.82, 2.24) is 19.8 Å². The zero-order valence-corrected chi connectivity index (χ0v) is 20.0. The number of pyridine rings is 1. The lowest BCUT2D eigenvalue weighted by Crippen LogP contribution is -2.51. The monoisotopic (exact) mass is 474 g/mol. The molecule has 7 rings (SSSR count). The highest BCUT2D eigenvalue weighted by Gasteiger charge is 2.50. The second-order valence-electron chi connectivity index (χ2n) is 11.2. The predicted octanol–water partition coefficient (Wildman–Crippen LogP) is 4.69. The van der Waals surface area contributed by atoms with Crippen molar-refractivity contribution < 1.29 is 14.0 Å². The predicted molar refractivity (Wildman–Crippen MR) is 130 cm³/mol. The van der Waals surface area contributed by atoms with Gasteiger partial charge in [-0.3, -0.25) is 9.59 Å². The zero-order valence-electron chi connectivity index (χ0n) is 20.0. The molecular formula is C28H31FN4O2. The van der Waals surface area contributed by atoms with Crippen LogP contribution in [-0.4, -0.2) is 39.9 Å². The van der Waals surface area contributed by atoms with Crippen LogP contribution >= 0.6 is 0 Å². The van der Waals surface area contributed by atoms with E-state index in [1.54, 1.807) is 48.1 Å². The number of halogens is 1. The van der Waals surface area contributed by atoms with E-state index in [1.165, 1.54) is 55.6 Å². The first kappa shape index (κ1) is 22.3. The molecule has 4 saturated carbocycles. The molecule has 4 aliphatic rings. The van der Waals surface area contributed by atoms with Crippen LogP contribution in [0.15, 0.2) is 48.7 Å². The molecule has 4 bridgehead atoms. The van der Waals surface area contributed by atoms with Crippen molar-refractivity contribution in [3.8, 4) is 0 Å². The van der Waals surface area contributed by atoms with Crippen molar-refractivity contribution in [2.75, 3.05) is 13.6 Å². The minimum Gasteiger partial charge on any atom is -0.351 e. The Morgan fingerprint density at radius 3 is 2.49 bits per heavy atom. The molecule has 1 aromatic carbocycles. The first-order chi connectivity index (χ1) is 16.9. The highest BCUT2D eigenvalue weighted by Crippen LogP contribution is 2.59. The zero-order chi connectivity index (χ0) is 24.2. The number of carbonyl (C=O) groups is 2. The van der Waals surface area contributed by atoms with E-state index < -0.39 is 0 Å². The Morgan fingerprint density at radius 2 is 1.80 bits per heavy atom. The van der Waals surface area contributed by atoms with Crippen LogP contribution in [0, 0.1) is 29.0 Å². The first-order valence-corrected chi connectivity index (χ1v) is 12.6. The average molecular weight is 475 g/mol. The van der Waals surface area contributed by atoms with Crippen LogP contribution in [0.2, 0.25) is 0 Å². The molecule has 0 spiro atoms. The molecule has 0 atom stereocenters. The lowest BCUT2D eigenvalue weighted by molar-refractivity contribution is -0.0503. The van der Waals surface area contributed by atoms with Crippen LogP contribution < -0.4 is 5.32 Å². The molecule has 1 N–H and O–H groups in total. The second-order valence-corrected chi connectivity index (χ2v) is 11.2. The van der Waals surface area contributed by atoms with Gasteiger partial charge in [-0.25, -0.2) is 8.91 Å². The fourth-order valence-corrected chi connectivity index (χ4v) is 7.36. The van der Waals surface area contributed by atoms with E-state index in [1.807, 2.05) is 0 Å². The molecule has 4 aliphatic carbocycles. The summed E-state index contributed by atoms with van der Waals surface area (Å²) in [5.74, 6) is 1.80. The molecule has 0 unspecified atom stereocenters. The van der Waals surface area contributed by atoms with E-state index in [0.29, 0.717) is 16.6 Å². The smallest absolute Gasteiger partial charge is 0.274 e. The van der Waals surface area contributed by atoms with E-state index in [-0.39, 0.29) is 35.3 Å². The Balaban J connectivity index is 1.17. The number of hydrogen-bond donors (Lipinski definition) is 1. The third-order valence-electron chi connectivity index (χ3n) is 8.41. The van der Waals surface area contributed by atoms with Crippen LogP contribution in [0.3, 0.4) is 0 Å². The van der Waals surface area contributed by atoms with Gasteiger partial charge in [-0.15, -0.1) is 0 Å². The number of amides is 2. The summed E-state index contributed by atoms with van der Waals surface area (Å²) in [6.45, 7) is 0.996. The van der Waals surface area contributed by atoms with Crippen LogP contribution in [-0.2, 0) is 6.54 Å². The van der Waals surface area contributed by atoms with E-state index in [4.69, 9.17) is 0 Å². The number of nitrogens with one attached hydrogen (secondary N) is 1. The van der Waals surface area contributed by atoms with Gasteiger partial charge in [-0.2, -0.15) is 5.10 Å². The highest BCUT2D eigenvalue weighted by atomic mass is 19.1. The third-order valence-corrected chi connectivity index (χ3v) is 8.41. The van der Waals surface area contributed by atoms with Crippen molar-refractivity contribution in [3.05, 3.63) is 71.3 Å². The van der Waals surface area contributed by atoms with Crippen LogP contribution in [0.4, 0.5) is 4.39 Å². The topological polar surface area (TPSA) is 66.7 Å². The Kier molecular flexibility index (Phi) is 5.38.